The van der Waals surface area contributed by atoms with E-state index in [1.54, 1.807) is 11.3 Å². The third-order valence-corrected chi connectivity index (χ3v) is 4.74. The lowest BCUT2D eigenvalue weighted by Crippen LogP contribution is -2.35. The Balaban J connectivity index is 2.26. The molecule has 0 atom stereocenters. The first kappa shape index (κ1) is 11.1. The summed E-state index contributed by atoms with van der Waals surface area (Å²) in [7, 11) is 0. The summed E-state index contributed by atoms with van der Waals surface area (Å²) in [6, 6.07) is 0. The number of aromatic nitrogens is 1. The predicted octanol–water partition coefficient (Wildman–Crippen LogP) is 3.27. The van der Waals surface area contributed by atoms with Crippen molar-refractivity contribution in [2.75, 3.05) is 0 Å². The third kappa shape index (κ3) is 2.23. The fourth-order valence-electron chi connectivity index (χ4n) is 2.26. The standard InChI is InChI=1S/C12H20N2S/c1-9-10(2)15-11(14-9)12(13)7-5-3-4-6-8-12/h3-8,13H2,1-2H3. The molecule has 0 aromatic carbocycles. The minimum atomic E-state index is -0.125. The zero-order valence-electron chi connectivity index (χ0n) is 9.68. The van der Waals surface area contributed by atoms with Gasteiger partial charge < -0.3 is 5.73 Å². The SMILES string of the molecule is Cc1nc(C2(N)CCCCCC2)sc1C. The van der Waals surface area contributed by atoms with Crippen LogP contribution < -0.4 is 5.73 Å². The van der Waals surface area contributed by atoms with E-state index in [0.29, 0.717) is 0 Å². The molecule has 1 aromatic rings. The van der Waals surface area contributed by atoms with E-state index in [2.05, 4.69) is 18.8 Å². The van der Waals surface area contributed by atoms with Gasteiger partial charge in [0.2, 0.25) is 0 Å². The number of hydrogen-bond donors (Lipinski definition) is 1. The summed E-state index contributed by atoms with van der Waals surface area (Å²) in [5.74, 6) is 0. The first-order valence-electron chi connectivity index (χ1n) is 5.85. The molecule has 1 aromatic heterocycles. The number of rotatable bonds is 1. The molecule has 0 saturated heterocycles. The van der Waals surface area contributed by atoms with Crippen molar-refractivity contribution in [2.24, 2.45) is 5.73 Å². The van der Waals surface area contributed by atoms with Gasteiger partial charge in [-0.1, -0.05) is 25.7 Å². The molecule has 0 unspecified atom stereocenters. The second kappa shape index (κ2) is 4.22. The summed E-state index contributed by atoms with van der Waals surface area (Å²) in [5.41, 5.74) is 7.54. The van der Waals surface area contributed by atoms with Gasteiger partial charge in [-0.05, 0) is 26.7 Å². The Kier molecular flexibility index (Phi) is 3.12. The Labute approximate surface area is 95.9 Å². The van der Waals surface area contributed by atoms with Gasteiger partial charge in [-0.25, -0.2) is 4.98 Å². The van der Waals surface area contributed by atoms with Crippen molar-refractivity contribution in [1.29, 1.82) is 0 Å². The van der Waals surface area contributed by atoms with Crippen molar-refractivity contribution in [2.45, 2.75) is 57.9 Å². The molecule has 0 amide bonds. The van der Waals surface area contributed by atoms with Gasteiger partial charge >= 0.3 is 0 Å². The molecule has 2 rings (SSSR count). The van der Waals surface area contributed by atoms with Crippen LogP contribution in [0.3, 0.4) is 0 Å². The average molecular weight is 224 g/mol. The molecule has 3 heteroatoms. The van der Waals surface area contributed by atoms with E-state index in [9.17, 15) is 0 Å². The highest BCUT2D eigenvalue weighted by Crippen LogP contribution is 2.36. The largest absolute Gasteiger partial charge is 0.319 e. The highest BCUT2D eigenvalue weighted by Gasteiger charge is 2.31. The van der Waals surface area contributed by atoms with Gasteiger partial charge in [0.05, 0.1) is 11.2 Å². The molecule has 84 valence electrons. The van der Waals surface area contributed by atoms with Crippen molar-refractivity contribution >= 4 is 11.3 Å². The van der Waals surface area contributed by atoms with E-state index < -0.39 is 0 Å². The smallest absolute Gasteiger partial charge is 0.113 e. The molecule has 1 aliphatic rings. The Morgan fingerprint density at radius 1 is 1.13 bits per heavy atom. The van der Waals surface area contributed by atoms with E-state index >= 15 is 0 Å². The molecule has 1 heterocycles. The van der Waals surface area contributed by atoms with Crippen LogP contribution in [0.25, 0.3) is 0 Å². The summed E-state index contributed by atoms with van der Waals surface area (Å²) < 4.78 is 0. The summed E-state index contributed by atoms with van der Waals surface area (Å²) >= 11 is 1.79. The van der Waals surface area contributed by atoms with E-state index in [0.717, 1.165) is 18.5 Å². The predicted molar refractivity (Wildman–Crippen MR) is 65.2 cm³/mol. The Morgan fingerprint density at radius 3 is 2.20 bits per heavy atom. The first-order valence-corrected chi connectivity index (χ1v) is 6.67. The van der Waals surface area contributed by atoms with E-state index in [1.165, 1.54) is 35.6 Å². The zero-order valence-corrected chi connectivity index (χ0v) is 10.5. The zero-order chi connectivity index (χ0) is 10.9. The van der Waals surface area contributed by atoms with Gasteiger partial charge in [0, 0.05) is 4.88 Å². The van der Waals surface area contributed by atoms with Crippen LogP contribution in [0.2, 0.25) is 0 Å². The second-order valence-corrected chi connectivity index (χ2v) is 5.93. The van der Waals surface area contributed by atoms with Crippen LogP contribution in [0.4, 0.5) is 0 Å². The van der Waals surface area contributed by atoms with Crippen LogP contribution >= 0.6 is 11.3 Å². The molecule has 1 saturated carbocycles. The first-order chi connectivity index (χ1) is 7.12. The fraction of sp³-hybridized carbons (Fsp3) is 0.750. The van der Waals surface area contributed by atoms with Gasteiger partial charge in [0.1, 0.15) is 5.01 Å². The highest BCUT2D eigenvalue weighted by atomic mass is 32.1. The average Bonchev–Trinajstić information content (AvgIpc) is 2.42. The third-order valence-electron chi connectivity index (χ3n) is 3.45. The monoisotopic (exact) mass is 224 g/mol. The summed E-state index contributed by atoms with van der Waals surface area (Å²) in [5, 5.41) is 1.17. The number of hydrogen-bond acceptors (Lipinski definition) is 3. The Hall–Kier alpha value is -0.410. The second-order valence-electron chi connectivity index (χ2n) is 4.73. The maximum absolute atomic E-state index is 6.51. The van der Waals surface area contributed by atoms with Gasteiger partial charge in [0.15, 0.2) is 0 Å². The molecular weight excluding hydrogens is 204 g/mol. The van der Waals surface area contributed by atoms with Crippen LogP contribution in [0.15, 0.2) is 0 Å². The molecule has 1 fully saturated rings. The quantitative estimate of drug-likeness (QED) is 0.744. The molecule has 2 nitrogen and oxygen atoms in total. The Bertz CT molecular complexity index is 316. The molecule has 15 heavy (non-hydrogen) atoms. The topological polar surface area (TPSA) is 38.9 Å². The van der Waals surface area contributed by atoms with E-state index in [-0.39, 0.29) is 5.54 Å². The maximum Gasteiger partial charge on any atom is 0.113 e. The normalized spacial score (nSPS) is 21.3. The maximum atomic E-state index is 6.51. The van der Waals surface area contributed by atoms with Gasteiger partial charge in [0.25, 0.3) is 0 Å². The van der Waals surface area contributed by atoms with Crippen molar-refractivity contribution in [3.8, 4) is 0 Å². The van der Waals surface area contributed by atoms with Crippen LogP contribution in [0.1, 0.15) is 54.1 Å². The summed E-state index contributed by atoms with van der Waals surface area (Å²) in [6.45, 7) is 4.21. The number of thiazole rings is 1. The fourth-order valence-corrected chi connectivity index (χ4v) is 3.33. The van der Waals surface area contributed by atoms with Crippen LogP contribution in [-0.4, -0.2) is 4.98 Å². The van der Waals surface area contributed by atoms with E-state index in [4.69, 9.17) is 5.73 Å². The summed E-state index contributed by atoms with van der Waals surface area (Å²) in [4.78, 5) is 5.96. The van der Waals surface area contributed by atoms with Crippen LogP contribution in [0.5, 0.6) is 0 Å². The lowest BCUT2D eigenvalue weighted by Gasteiger charge is -2.25. The number of aryl methyl sites for hydroxylation is 2. The van der Waals surface area contributed by atoms with Crippen LogP contribution in [-0.2, 0) is 5.54 Å². The number of nitrogens with zero attached hydrogens (tertiary/aromatic N) is 1. The van der Waals surface area contributed by atoms with Gasteiger partial charge in [-0.2, -0.15) is 0 Å². The van der Waals surface area contributed by atoms with Crippen molar-refractivity contribution < 1.29 is 0 Å². The lowest BCUT2D eigenvalue weighted by atomic mass is 9.92. The molecule has 0 bridgehead atoms. The van der Waals surface area contributed by atoms with Crippen molar-refractivity contribution in [1.82, 2.24) is 4.98 Å². The van der Waals surface area contributed by atoms with Gasteiger partial charge in [-0.15, -0.1) is 11.3 Å². The van der Waals surface area contributed by atoms with Crippen molar-refractivity contribution in [3.05, 3.63) is 15.6 Å². The summed E-state index contributed by atoms with van der Waals surface area (Å²) in [6.07, 6.45) is 7.41. The number of nitrogens with two attached hydrogens (primary N) is 1. The molecular formula is C12H20N2S. The molecule has 1 aliphatic carbocycles. The highest BCUT2D eigenvalue weighted by molar-refractivity contribution is 7.11. The lowest BCUT2D eigenvalue weighted by molar-refractivity contribution is 0.383. The molecule has 0 spiro atoms. The molecule has 0 aliphatic heterocycles. The van der Waals surface area contributed by atoms with Crippen molar-refractivity contribution in [3.63, 3.8) is 0 Å². The van der Waals surface area contributed by atoms with Crippen LogP contribution in [0, 0.1) is 13.8 Å². The van der Waals surface area contributed by atoms with E-state index in [1.807, 2.05) is 0 Å². The molecule has 0 radical (unpaired) electrons. The van der Waals surface area contributed by atoms with Gasteiger partial charge in [-0.3, -0.25) is 0 Å². The Morgan fingerprint density at radius 2 is 1.73 bits per heavy atom. The minimum absolute atomic E-state index is 0.125. The molecule has 2 N–H and O–H groups in total. The minimum Gasteiger partial charge on any atom is -0.319 e.